The number of carbonyl (C=O) groups excluding carboxylic acids is 4. The van der Waals surface area contributed by atoms with E-state index in [1.807, 2.05) is 0 Å². The molecule has 0 saturated carbocycles. The Morgan fingerprint density at radius 1 is 0.397 bits per heavy atom. The number of alkyl halides is 27. The molecule has 0 aromatic rings. The zero-order valence-corrected chi connectivity index (χ0v) is 26.2. The van der Waals surface area contributed by atoms with Gasteiger partial charge in [0.05, 0.1) is 0 Å². The minimum atomic E-state index is -8.18. The van der Waals surface area contributed by atoms with E-state index in [0.717, 1.165) is 0 Å². The van der Waals surface area contributed by atoms with E-state index >= 15 is 0 Å². The van der Waals surface area contributed by atoms with Gasteiger partial charge in [-0.15, -0.1) is 0 Å². The molecule has 0 fully saturated rings. The van der Waals surface area contributed by atoms with Gasteiger partial charge in [0, 0.05) is 5.57 Å². The molecule has 35 heteroatoms. The second-order valence-corrected chi connectivity index (χ2v) is 10.5. The summed E-state index contributed by atoms with van der Waals surface area (Å²) >= 11 is 0. The summed E-state index contributed by atoms with van der Waals surface area (Å²) < 4.78 is 369. The zero-order chi connectivity index (χ0) is 47.3. The molecule has 0 aliphatic carbocycles. The van der Waals surface area contributed by atoms with Gasteiger partial charge in [-0.05, 0) is 6.92 Å². The van der Waals surface area contributed by atoms with Crippen molar-refractivity contribution < 1.29 is 157 Å². The van der Waals surface area contributed by atoms with Crippen molar-refractivity contribution in [1.29, 1.82) is 0 Å². The van der Waals surface area contributed by atoms with Crippen LogP contribution in [0.25, 0.3) is 0 Å². The van der Waals surface area contributed by atoms with E-state index in [4.69, 9.17) is 0 Å². The van der Waals surface area contributed by atoms with Crippen molar-refractivity contribution >= 4 is 23.9 Å². The first-order valence-corrected chi connectivity index (χ1v) is 13.0. The Morgan fingerprint density at radius 2 is 0.621 bits per heavy atom. The number of esters is 4. The Hall–Kier alpha value is -4.27. The molecule has 0 bridgehead atoms. The van der Waals surface area contributed by atoms with Crippen LogP contribution >= 0.6 is 0 Å². The maximum atomic E-state index is 14.2. The second kappa shape index (κ2) is 15.7. The third-order valence-corrected chi connectivity index (χ3v) is 6.24. The lowest BCUT2D eigenvalue weighted by atomic mass is 10.0. The van der Waals surface area contributed by atoms with Crippen LogP contribution in [0, 0.1) is 0 Å². The van der Waals surface area contributed by atoms with Gasteiger partial charge in [0.15, 0.2) is 12.2 Å². The molecule has 8 nitrogen and oxygen atoms in total. The van der Waals surface area contributed by atoms with E-state index in [0.29, 0.717) is 6.92 Å². The standard InChI is InChI=1S/C23H11F27O8/c1-5(2)8(51)57-6(3-55-9(52)12(24,25)15(30,31)18(36,37)21(42,43)44)7(58-11(54)14(28,29)17(34,35)20(40,41)23(48,49)50)4-56-10(53)13(26,27)16(32,33)19(38,39)22(45,46)47/h6-7H,1,3-4H2,2H3. The highest BCUT2D eigenvalue weighted by Crippen LogP contribution is 2.56. The lowest BCUT2D eigenvalue weighted by Gasteiger charge is -2.34. The molecule has 340 valence electrons. The van der Waals surface area contributed by atoms with Gasteiger partial charge in [-0.25, -0.2) is 19.2 Å². The molecule has 0 amide bonds. The molecular formula is C23H11F27O8. The summed E-state index contributed by atoms with van der Waals surface area (Å²) in [6.07, 6.45) is -31.8. The highest BCUT2D eigenvalue weighted by atomic mass is 19.4. The van der Waals surface area contributed by atoms with Crippen molar-refractivity contribution in [3.05, 3.63) is 12.2 Å². The summed E-state index contributed by atoms with van der Waals surface area (Å²) in [6.45, 7) is -3.59. The summed E-state index contributed by atoms with van der Waals surface area (Å²) in [6, 6.07) is 0. The average molecular weight is 928 g/mol. The van der Waals surface area contributed by atoms with Crippen LogP contribution in [-0.4, -0.2) is 121 Å². The van der Waals surface area contributed by atoms with Crippen molar-refractivity contribution in [3.8, 4) is 0 Å². The number of rotatable bonds is 17. The SMILES string of the molecule is C=C(C)C(=O)OC(COC(=O)C(F)(F)C(F)(F)C(F)(F)C(F)(F)F)C(COC(=O)C(F)(F)C(F)(F)C(F)(F)C(F)(F)F)OC(=O)C(F)(F)C(F)(F)C(F)(F)C(F)(F)F. The molecule has 0 heterocycles. The normalized spacial score (nSPS) is 15.9. The number of hydrogen-bond acceptors (Lipinski definition) is 8. The van der Waals surface area contributed by atoms with Crippen LogP contribution in [0.4, 0.5) is 119 Å². The van der Waals surface area contributed by atoms with Gasteiger partial charge in [0.1, 0.15) is 13.2 Å². The van der Waals surface area contributed by atoms with E-state index in [2.05, 4.69) is 25.5 Å². The van der Waals surface area contributed by atoms with Crippen LogP contribution in [0.2, 0.25) is 0 Å². The predicted octanol–water partition coefficient (Wildman–Crippen LogP) is 7.88. The summed E-state index contributed by atoms with van der Waals surface area (Å²) in [5.41, 5.74) is -1.29. The van der Waals surface area contributed by atoms with Crippen LogP contribution in [0.3, 0.4) is 0 Å². The molecule has 0 spiro atoms. The molecule has 0 saturated heterocycles. The molecule has 2 unspecified atom stereocenters. The first-order chi connectivity index (χ1) is 25.0. The van der Waals surface area contributed by atoms with Gasteiger partial charge in [-0.2, -0.15) is 119 Å². The van der Waals surface area contributed by atoms with Crippen LogP contribution < -0.4 is 0 Å². The van der Waals surface area contributed by atoms with Crippen molar-refractivity contribution in [1.82, 2.24) is 0 Å². The summed E-state index contributed by atoms with van der Waals surface area (Å²) in [5.74, 6) is -87.6. The van der Waals surface area contributed by atoms with Crippen LogP contribution in [0.5, 0.6) is 0 Å². The third kappa shape index (κ3) is 9.13. The molecule has 0 aliphatic rings. The third-order valence-electron chi connectivity index (χ3n) is 6.24. The Balaban J connectivity index is 7.50. The summed E-state index contributed by atoms with van der Waals surface area (Å²) in [5, 5.41) is 0. The number of halogens is 27. The van der Waals surface area contributed by atoms with Crippen molar-refractivity contribution in [2.75, 3.05) is 13.2 Å². The molecule has 0 N–H and O–H groups in total. The predicted molar refractivity (Wildman–Crippen MR) is 119 cm³/mol. The number of hydrogen-bond donors (Lipinski definition) is 0. The topological polar surface area (TPSA) is 105 Å². The minimum Gasteiger partial charge on any atom is -0.457 e. The number of ether oxygens (including phenoxy) is 4. The van der Waals surface area contributed by atoms with Crippen molar-refractivity contribution in [2.24, 2.45) is 0 Å². The fourth-order valence-corrected chi connectivity index (χ4v) is 2.89. The first kappa shape index (κ1) is 53.7. The number of carbonyl (C=O) groups is 4. The van der Waals surface area contributed by atoms with Gasteiger partial charge in [0.25, 0.3) is 0 Å². The summed E-state index contributed by atoms with van der Waals surface area (Å²) in [7, 11) is 0. The Bertz CT molecular complexity index is 1560. The lowest BCUT2D eigenvalue weighted by molar-refractivity contribution is -0.392. The van der Waals surface area contributed by atoms with E-state index in [-0.39, 0.29) is 0 Å². The first-order valence-electron chi connectivity index (χ1n) is 13.0. The fourth-order valence-electron chi connectivity index (χ4n) is 2.89. The Labute approximate surface area is 298 Å². The Kier molecular flexibility index (Phi) is 14.6. The molecule has 2 atom stereocenters. The van der Waals surface area contributed by atoms with Crippen LogP contribution in [-0.2, 0) is 38.1 Å². The van der Waals surface area contributed by atoms with E-state index < -0.39 is 127 Å². The van der Waals surface area contributed by atoms with E-state index in [1.165, 1.54) is 0 Å². The van der Waals surface area contributed by atoms with E-state index in [9.17, 15) is 138 Å². The Morgan fingerprint density at radius 3 is 0.845 bits per heavy atom. The maximum Gasteiger partial charge on any atom is 0.460 e. The van der Waals surface area contributed by atoms with Crippen molar-refractivity contribution in [3.63, 3.8) is 0 Å². The zero-order valence-electron chi connectivity index (χ0n) is 26.2. The summed E-state index contributed by atoms with van der Waals surface area (Å²) in [4.78, 5) is 46.9. The fraction of sp³-hybridized carbons (Fsp3) is 0.739. The second-order valence-electron chi connectivity index (χ2n) is 10.5. The maximum absolute atomic E-state index is 14.2. The van der Waals surface area contributed by atoms with Gasteiger partial charge < -0.3 is 18.9 Å². The highest BCUT2D eigenvalue weighted by Gasteiger charge is 2.87. The molecule has 0 aliphatic heterocycles. The monoisotopic (exact) mass is 928 g/mol. The average Bonchev–Trinajstić information content (AvgIpc) is 3.01. The van der Waals surface area contributed by atoms with E-state index in [1.54, 1.807) is 0 Å². The van der Waals surface area contributed by atoms with Gasteiger partial charge in [-0.1, -0.05) is 6.58 Å². The quantitative estimate of drug-likeness (QED) is 0.0629. The molecule has 0 aromatic carbocycles. The lowest BCUT2D eigenvalue weighted by Crippen LogP contribution is -2.64. The van der Waals surface area contributed by atoms with Gasteiger partial charge in [0.2, 0.25) is 0 Å². The molecule has 0 rings (SSSR count). The molecular weight excluding hydrogens is 917 g/mol. The minimum absolute atomic E-state index is 0.345. The van der Waals surface area contributed by atoms with Crippen molar-refractivity contribution in [2.45, 2.75) is 91.0 Å². The van der Waals surface area contributed by atoms with Gasteiger partial charge >= 0.3 is 95.7 Å². The molecule has 0 aromatic heterocycles. The molecule has 0 radical (unpaired) electrons. The largest absolute Gasteiger partial charge is 0.460 e. The smallest absolute Gasteiger partial charge is 0.457 e. The highest BCUT2D eigenvalue weighted by molar-refractivity contribution is 5.87. The van der Waals surface area contributed by atoms with Crippen LogP contribution in [0.1, 0.15) is 6.92 Å². The van der Waals surface area contributed by atoms with Gasteiger partial charge in [-0.3, -0.25) is 0 Å². The molecule has 58 heavy (non-hydrogen) atoms. The van der Waals surface area contributed by atoms with Crippen LogP contribution in [0.15, 0.2) is 12.2 Å².